The van der Waals surface area contributed by atoms with Crippen molar-refractivity contribution in [2.75, 3.05) is 0 Å². The number of rotatable bonds is 2. The van der Waals surface area contributed by atoms with Gasteiger partial charge in [0, 0.05) is 19.1 Å². The number of hydrogen-bond donors (Lipinski definition) is 1. The van der Waals surface area contributed by atoms with Gasteiger partial charge < -0.3 is 5.11 Å². The minimum absolute atomic E-state index is 0.409. The van der Waals surface area contributed by atoms with Crippen molar-refractivity contribution in [3.63, 3.8) is 0 Å². The summed E-state index contributed by atoms with van der Waals surface area (Å²) in [7, 11) is 0. The van der Waals surface area contributed by atoms with Crippen LogP contribution in [0.15, 0.2) is 18.2 Å². The van der Waals surface area contributed by atoms with E-state index in [0.717, 1.165) is 19.1 Å². The summed E-state index contributed by atoms with van der Waals surface area (Å²) >= 11 is 0. The molecule has 0 atom stereocenters. The molecule has 0 spiro atoms. The summed E-state index contributed by atoms with van der Waals surface area (Å²) in [5.41, 5.74) is 2.90. The van der Waals surface area contributed by atoms with Crippen molar-refractivity contribution >= 4 is 5.97 Å². The predicted molar refractivity (Wildman–Crippen MR) is 55.7 cm³/mol. The van der Waals surface area contributed by atoms with Crippen LogP contribution in [-0.2, 0) is 13.1 Å². The van der Waals surface area contributed by atoms with Crippen LogP contribution in [0, 0.1) is 0 Å². The number of hydrogen-bond acceptors (Lipinski definition) is 2. The zero-order valence-electron chi connectivity index (χ0n) is 8.44. The average molecular weight is 203 g/mol. The molecular formula is C12H13NO2. The predicted octanol–water partition coefficient (Wildman–Crippen LogP) is 1.86. The Morgan fingerprint density at radius 3 is 2.67 bits per heavy atom. The smallest absolute Gasteiger partial charge is 0.335 e. The second kappa shape index (κ2) is 3.07. The summed E-state index contributed by atoms with van der Waals surface area (Å²) in [6.45, 7) is 1.93. The minimum Gasteiger partial charge on any atom is -0.478 e. The standard InChI is InChI=1S/C12H13NO2/c14-12(15)8-1-2-9-6-13(11-3-4-11)7-10(9)5-8/h1-2,5,11H,3-4,6-7H2,(H,14,15). The first-order valence-corrected chi connectivity index (χ1v) is 5.33. The summed E-state index contributed by atoms with van der Waals surface area (Å²) < 4.78 is 0. The van der Waals surface area contributed by atoms with Crippen molar-refractivity contribution in [2.24, 2.45) is 0 Å². The molecule has 0 bridgehead atoms. The third-order valence-electron chi connectivity index (χ3n) is 3.26. The maximum Gasteiger partial charge on any atom is 0.335 e. The van der Waals surface area contributed by atoms with Gasteiger partial charge in [-0.2, -0.15) is 0 Å². The van der Waals surface area contributed by atoms with E-state index in [0.29, 0.717) is 5.56 Å². The van der Waals surface area contributed by atoms with Crippen molar-refractivity contribution in [3.05, 3.63) is 34.9 Å². The lowest BCUT2D eigenvalue weighted by Crippen LogP contribution is -2.18. The van der Waals surface area contributed by atoms with Crippen LogP contribution in [0.25, 0.3) is 0 Å². The fraction of sp³-hybridized carbons (Fsp3) is 0.417. The Bertz CT molecular complexity index is 424. The molecule has 0 unspecified atom stereocenters. The molecule has 0 amide bonds. The Kier molecular flexibility index (Phi) is 1.83. The van der Waals surface area contributed by atoms with Gasteiger partial charge in [-0.3, -0.25) is 4.90 Å². The minimum atomic E-state index is -0.831. The molecule has 1 heterocycles. The maximum absolute atomic E-state index is 10.8. The van der Waals surface area contributed by atoms with Crippen LogP contribution < -0.4 is 0 Å². The highest BCUT2D eigenvalue weighted by atomic mass is 16.4. The lowest BCUT2D eigenvalue weighted by Gasteiger charge is -2.11. The molecule has 0 radical (unpaired) electrons. The summed E-state index contributed by atoms with van der Waals surface area (Å²) in [6, 6.07) is 6.24. The van der Waals surface area contributed by atoms with Gasteiger partial charge in [0.2, 0.25) is 0 Å². The number of fused-ring (bicyclic) bond motifs is 1. The molecule has 1 saturated carbocycles. The number of nitrogens with zero attached hydrogens (tertiary/aromatic N) is 1. The summed E-state index contributed by atoms with van der Waals surface area (Å²) in [5.74, 6) is -0.831. The molecule has 1 aromatic carbocycles. The average Bonchev–Trinajstić information content (AvgIpc) is 2.97. The highest BCUT2D eigenvalue weighted by Crippen LogP contribution is 2.34. The van der Waals surface area contributed by atoms with Gasteiger partial charge in [0.1, 0.15) is 0 Å². The van der Waals surface area contributed by atoms with Gasteiger partial charge in [0.25, 0.3) is 0 Å². The summed E-state index contributed by atoms with van der Waals surface area (Å²) in [6.07, 6.45) is 2.61. The van der Waals surface area contributed by atoms with Crippen molar-refractivity contribution in [1.82, 2.24) is 4.90 Å². The topological polar surface area (TPSA) is 40.5 Å². The first-order valence-electron chi connectivity index (χ1n) is 5.33. The Morgan fingerprint density at radius 1 is 1.27 bits per heavy atom. The van der Waals surface area contributed by atoms with Gasteiger partial charge in [-0.25, -0.2) is 4.79 Å². The third-order valence-corrected chi connectivity index (χ3v) is 3.26. The van der Waals surface area contributed by atoms with Crippen LogP contribution in [0.4, 0.5) is 0 Å². The second-order valence-electron chi connectivity index (χ2n) is 4.42. The van der Waals surface area contributed by atoms with Gasteiger partial charge in [-0.05, 0) is 36.1 Å². The number of carbonyl (C=O) groups is 1. The molecule has 3 nitrogen and oxygen atoms in total. The molecule has 1 aliphatic heterocycles. The van der Waals surface area contributed by atoms with Gasteiger partial charge in [0.15, 0.2) is 0 Å². The molecule has 1 aromatic rings. The normalized spacial score (nSPS) is 20.3. The third kappa shape index (κ3) is 1.53. The van der Waals surface area contributed by atoms with Crippen LogP contribution in [0.1, 0.15) is 34.3 Å². The van der Waals surface area contributed by atoms with E-state index in [9.17, 15) is 4.79 Å². The van der Waals surface area contributed by atoms with Crippen molar-refractivity contribution in [2.45, 2.75) is 32.0 Å². The Hall–Kier alpha value is -1.35. The van der Waals surface area contributed by atoms with Gasteiger partial charge in [-0.1, -0.05) is 6.07 Å². The second-order valence-corrected chi connectivity index (χ2v) is 4.42. The lowest BCUT2D eigenvalue weighted by atomic mass is 10.1. The van der Waals surface area contributed by atoms with E-state index in [1.54, 1.807) is 6.07 Å². The van der Waals surface area contributed by atoms with E-state index in [-0.39, 0.29) is 0 Å². The van der Waals surface area contributed by atoms with Crippen LogP contribution in [-0.4, -0.2) is 22.0 Å². The van der Waals surface area contributed by atoms with Crippen LogP contribution in [0.2, 0.25) is 0 Å². The molecule has 78 valence electrons. The van der Waals surface area contributed by atoms with E-state index in [1.807, 2.05) is 12.1 Å². The number of carboxylic acid groups (broad SMARTS) is 1. The highest BCUT2D eigenvalue weighted by Gasteiger charge is 2.32. The van der Waals surface area contributed by atoms with Crippen molar-refractivity contribution in [3.8, 4) is 0 Å². The van der Waals surface area contributed by atoms with Crippen molar-refractivity contribution in [1.29, 1.82) is 0 Å². The number of aromatic carboxylic acids is 1. The highest BCUT2D eigenvalue weighted by molar-refractivity contribution is 5.87. The molecule has 3 rings (SSSR count). The van der Waals surface area contributed by atoms with Crippen LogP contribution >= 0.6 is 0 Å². The Balaban J connectivity index is 1.89. The number of carboxylic acids is 1. The first kappa shape index (κ1) is 8.92. The van der Waals surface area contributed by atoms with E-state index >= 15 is 0 Å². The molecule has 15 heavy (non-hydrogen) atoms. The van der Waals surface area contributed by atoms with Crippen LogP contribution in [0.3, 0.4) is 0 Å². The molecule has 1 aliphatic carbocycles. The van der Waals surface area contributed by atoms with Crippen LogP contribution in [0.5, 0.6) is 0 Å². The molecular weight excluding hydrogens is 190 g/mol. The summed E-state index contributed by atoms with van der Waals surface area (Å²) in [4.78, 5) is 13.3. The SMILES string of the molecule is O=C(O)c1ccc2c(c1)CN(C1CC1)C2. The largest absolute Gasteiger partial charge is 0.478 e. The molecule has 2 aliphatic rings. The van der Waals surface area contributed by atoms with E-state index in [1.165, 1.54) is 24.0 Å². The lowest BCUT2D eigenvalue weighted by molar-refractivity contribution is 0.0697. The van der Waals surface area contributed by atoms with E-state index < -0.39 is 5.97 Å². The number of benzene rings is 1. The zero-order chi connectivity index (χ0) is 10.4. The fourth-order valence-corrected chi connectivity index (χ4v) is 2.25. The summed E-state index contributed by atoms with van der Waals surface area (Å²) in [5, 5.41) is 8.89. The van der Waals surface area contributed by atoms with E-state index in [4.69, 9.17) is 5.11 Å². The zero-order valence-corrected chi connectivity index (χ0v) is 8.44. The van der Waals surface area contributed by atoms with Gasteiger partial charge in [-0.15, -0.1) is 0 Å². The van der Waals surface area contributed by atoms with Gasteiger partial charge in [0.05, 0.1) is 5.56 Å². The van der Waals surface area contributed by atoms with Crippen molar-refractivity contribution < 1.29 is 9.90 Å². The molecule has 1 fully saturated rings. The molecule has 0 saturated heterocycles. The Labute approximate surface area is 88.3 Å². The van der Waals surface area contributed by atoms with E-state index in [2.05, 4.69) is 4.90 Å². The van der Waals surface area contributed by atoms with Gasteiger partial charge >= 0.3 is 5.97 Å². The molecule has 3 heteroatoms. The first-order chi connectivity index (χ1) is 7.24. The molecule has 0 aromatic heterocycles. The Morgan fingerprint density at radius 2 is 2.00 bits per heavy atom. The quantitative estimate of drug-likeness (QED) is 0.797. The monoisotopic (exact) mass is 203 g/mol. The maximum atomic E-state index is 10.8. The fourth-order valence-electron chi connectivity index (χ4n) is 2.25. The molecule has 1 N–H and O–H groups in total.